The van der Waals surface area contributed by atoms with Crippen molar-refractivity contribution in [3.8, 4) is 0 Å². The van der Waals surface area contributed by atoms with Crippen molar-refractivity contribution in [3.63, 3.8) is 0 Å². The molecule has 0 spiro atoms. The van der Waals surface area contributed by atoms with Gasteiger partial charge in [0.05, 0.1) is 0 Å². The first-order valence-corrected chi connectivity index (χ1v) is 6.81. The van der Waals surface area contributed by atoms with E-state index in [4.69, 9.17) is 0 Å². The van der Waals surface area contributed by atoms with Gasteiger partial charge in [-0.05, 0) is 32.9 Å². The van der Waals surface area contributed by atoms with Gasteiger partial charge in [0.1, 0.15) is 0 Å². The Morgan fingerprint density at radius 2 is 1.89 bits per heavy atom. The molecule has 116 valence electrons. The van der Waals surface area contributed by atoms with E-state index in [1.54, 1.807) is 0 Å². The Hall–Kier alpha value is -0.0300. The SMILES string of the molecule is CCCN1CCC(N(C)C(=O)CCNC)CC1.Cl.Cl. The van der Waals surface area contributed by atoms with Crippen molar-refractivity contribution in [2.45, 2.75) is 38.6 Å². The highest BCUT2D eigenvalue weighted by Gasteiger charge is 2.24. The normalized spacial score (nSPS) is 16.4. The van der Waals surface area contributed by atoms with E-state index in [0.717, 1.165) is 32.5 Å². The van der Waals surface area contributed by atoms with Crippen LogP contribution in [0.1, 0.15) is 32.6 Å². The number of nitrogens with zero attached hydrogens (tertiary/aromatic N) is 2. The molecule has 6 heteroatoms. The number of piperidine rings is 1. The smallest absolute Gasteiger partial charge is 0.223 e. The molecule has 19 heavy (non-hydrogen) atoms. The van der Waals surface area contributed by atoms with Crippen molar-refractivity contribution >= 4 is 30.7 Å². The molecule has 0 aromatic carbocycles. The summed E-state index contributed by atoms with van der Waals surface area (Å²) in [5.74, 6) is 0.272. The summed E-state index contributed by atoms with van der Waals surface area (Å²) in [6, 6.07) is 0.451. The first kappa shape index (κ1) is 21.3. The number of carbonyl (C=O) groups is 1. The average molecular weight is 314 g/mol. The quantitative estimate of drug-likeness (QED) is 0.812. The maximum Gasteiger partial charge on any atom is 0.223 e. The van der Waals surface area contributed by atoms with E-state index in [2.05, 4.69) is 17.1 Å². The van der Waals surface area contributed by atoms with Gasteiger partial charge in [-0.3, -0.25) is 4.79 Å². The molecule has 1 saturated heterocycles. The molecule has 0 saturated carbocycles. The van der Waals surface area contributed by atoms with Crippen molar-refractivity contribution in [2.75, 3.05) is 40.3 Å². The van der Waals surface area contributed by atoms with E-state index < -0.39 is 0 Å². The minimum Gasteiger partial charge on any atom is -0.343 e. The third-order valence-electron chi connectivity index (χ3n) is 3.63. The topological polar surface area (TPSA) is 35.6 Å². The number of hydrogen-bond acceptors (Lipinski definition) is 3. The predicted octanol–water partition coefficient (Wildman–Crippen LogP) is 1.77. The molecule has 0 aromatic rings. The lowest BCUT2D eigenvalue weighted by Crippen LogP contribution is -2.46. The van der Waals surface area contributed by atoms with Gasteiger partial charge < -0.3 is 15.1 Å². The van der Waals surface area contributed by atoms with Gasteiger partial charge in [-0.1, -0.05) is 6.92 Å². The van der Waals surface area contributed by atoms with Gasteiger partial charge in [0, 0.05) is 39.1 Å². The standard InChI is InChI=1S/C13H27N3O.2ClH/c1-4-9-16-10-6-12(7-11-16)15(3)13(17)5-8-14-2;;/h12,14H,4-11H2,1-3H3;2*1H. The van der Waals surface area contributed by atoms with Crippen molar-refractivity contribution in [1.29, 1.82) is 0 Å². The summed E-state index contributed by atoms with van der Waals surface area (Å²) in [7, 11) is 3.84. The summed E-state index contributed by atoms with van der Waals surface area (Å²) in [5.41, 5.74) is 0. The van der Waals surface area contributed by atoms with Crippen LogP contribution in [0.5, 0.6) is 0 Å². The zero-order chi connectivity index (χ0) is 12.7. The number of carbonyl (C=O) groups excluding carboxylic acids is 1. The second kappa shape index (κ2) is 11.8. The molecule has 0 aliphatic carbocycles. The van der Waals surface area contributed by atoms with Crippen LogP contribution in [0.3, 0.4) is 0 Å². The number of amides is 1. The first-order valence-electron chi connectivity index (χ1n) is 6.81. The largest absolute Gasteiger partial charge is 0.343 e. The van der Waals surface area contributed by atoms with Crippen molar-refractivity contribution in [1.82, 2.24) is 15.1 Å². The van der Waals surface area contributed by atoms with Crippen molar-refractivity contribution in [2.24, 2.45) is 0 Å². The monoisotopic (exact) mass is 313 g/mol. The van der Waals surface area contributed by atoms with Gasteiger partial charge in [-0.25, -0.2) is 0 Å². The van der Waals surface area contributed by atoms with Crippen LogP contribution in [-0.2, 0) is 4.79 Å². The first-order chi connectivity index (χ1) is 8.19. The lowest BCUT2D eigenvalue weighted by molar-refractivity contribution is -0.132. The lowest BCUT2D eigenvalue weighted by atomic mass is 10.0. The number of halogens is 2. The second-order valence-corrected chi connectivity index (χ2v) is 4.93. The molecule has 1 N–H and O–H groups in total. The molecule has 1 aliphatic rings. The van der Waals surface area contributed by atoms with Crippen LogP contribution in [0, 0.1) is 0 Å². The molecule has 0 atom stereocenters. The van der Waals surface area contributed by atoms with E-state index in [0.29, 0.717) is 12.5 Å². The fraction of sp³-hybridized carbons (Fsp3) is 0.923. The van der Waals surface area contributed by atoms with Gasteiger partial charge in [-0.2, -0.15) is 0 Å². The Kier molecular flexibility index (Phi) is 13.2. The maximum atomic E-state index is 11.9. The van der Waals surface area contributed by atoms with E-state index in [1.807, 2.05) is 19.0 Å². The van der Waals surface area contributed by atoms with Gasteiger partial charge in [0.15, 0.2) is 0 Å². The third-order valence-corrected chi connectivity index (χ3v) is 3.63. The molecular formula is C13H29Cl2N3O. The van der Waals surface area contributed by atoms with Crippen LogP contribution in [0.25, 0.3) is 0 Å². The number of nitrogens with one attached hydrogen (secondary N) is 1. The highest BCUT2D eigenvalue weighted by atomic mass is 35.5. The zero-order valence-corrected chi connectivity index (χ0v) is 14.0. The molecule has 4 nitrogen and oxygen atoms in total. The highest BCUT2D eigenvalue weighted by molar-refractivity contribution is 5.85. The third kappa shape index (κ3) is 7.35. The van der Waals surface area contributed by atoms with Gasteiger partial charge >= 0.3 is 0 Å². The van der Waals surface area contributed by atoms with Crippen LogP contribution < -0.4 is 5.32 Å². The van der Waals surface area contributed by atoms with E-state index in [1.165, 1.54) is 13.0 Å². The molecule has 1 rings (SSSR count). The van der Waals surface area contributed by atoms with Crippen LogP contribution in [0.4, 0.5) is 0 Å². The second-order valence-electron chi connectivity index (χ2n) is 4.93. The summed E-state index contributed by atoms with van der Waals surface area (Å²) >= 11 is 0. The molecular weight excluding hydrogens is 285 g/mol. The molecule has 1 aliphatic heterocycles. The van der Waals surface area contributed by atoms with Gasteiger partial charge in [0.25, 0.3) is 0 Å². The van der Waals surface area contributed by atoms with Crippen LogP contribution in [-0.4, -0.2) is 62.0 Å². The molecule has 1 fully saturated rings. The van der Waals surface area contributed by atoms with E-state index in [9.17, 15) is 4.79 Å². The molecule has 0 radical (unpaired) electrons. The van der Waals surface area contributed by atoms with E-state index in [-0.39, 0.29) is 30.7 Å². The number of rotatable bonds is 6. The minimum atomic E-state index is 0. The number of likely N-dealkylation sites (tertiary alicyclic amines) is 1. The summed E-state index contributed by atoms with van der Waals surface area (Å²) in [6.07, 6.45) is 4.09. The van der Waals surface area contributed by atoms with E-state index >= 15 is 0 Å². The molecule has 1 amide bonds. The minimum absolute atomic E-state index is 0. The Morgan fingerprint density at radius 1 is 1.32 bits per heavy atom. The Labute approximate surface area is 130 Å². The van der Waals surface area contributed by atoms with Gasteiger partial charge in [0.2, 0.25) is 5.91 Å². The Balaban J connectivity index is 0. The zero-order valence-electron chi connectivity index (χ0n) is 12.4. The predicted molar refractivity (Wildman–Crippen MR) is 85.6 cm³/mol. The van der Waals surface area contributed by atoms with Crippen molar-refractivity contribution in [3.05, 3.63) is 0 Å². The summed E-state index contributed by atoms with van der Waals surface area (Å²) in [4.78, 5) is 16.3. The molecule has 0 bridgehead atoms. The summed E-state index contributed by atoms with van der Waals surface area (Å²) < 4.78 is 0. The van der Waals surface area contributed by atoms with Crippen molar-refractivity contribution < 1.29 is 4.79 Å². The Morgan fingerprint density at radius 3 is 2.37 bits per heavy atom. The van der Waals surface area contributed by atoms with Gasteiger partial charge in [-0.15, -0.1) is 24.8 Å². The molecule has 0 unspecified atom stereocenters. The summed E-state index contributed by atoms with van der Waals surface area (Å²) in [5, 5.41) is 3.02. The van der Waals surface area contributed by atoms with Crippen LogP contribution in [0.15, 0.2) is 0 Å². The fourth-order valence-electron chi connectivity index (χ4n) is 2.46. The maximum absolute atomic E-state index is 11.9. The summed E-state index contributed by atoms with van der Waals surface area (Å²) in [6.45, 7) is 6.48. The molecule has 1 heterocycles. The highest BCUT2D eigenvalue weighted by Crippen LogP contribution is 2.16. The lowest BCUT2D eigenvalue weighted by Gasteiger charge is -2.36. The number of hydrogen-bond donors (Lipinski definition) is 1. The van der Waals surface area contributed by atoms with Crippen LogP contribution >= 0.6 is 24.8 Å². The molecule has 0 aromatic heterocycles. The Bertz CT molecular complexity index is 234. The van der Waals surface area contributed by atoms with Crippen LogP contribution in [0.2, 0.25) is 0 Å². The average Bonchev–Trinajstić information content (AvgIpc) is 2.36. The fourth-order valence-corrected chi connectivity index (χ4v) is 2.46.